The van der Waals surface area contributed by atoms with Crippen LogP contribution in [0.4, 0.5) is 34.1 Å². The molecule has 0 aliphatic carbocycles. The monoisotopic (exact) mass is 1030 g/mol. The Morgan fingerprint density at radius 3 is 0.697 bits per heavy atom. The van der Waals surface area contributed by atoms with Crippen molar-refractivity contribution >= 4 is 66.4 Å². The Bertz CT molecular complexity index is 3750. The Kier molecular flexibility index (Phi) is 10.9. The summed E-state index contributed by atoms with van der Waals surface area (Å²) in [6.07, 6.45) is 0. The Hall–Kier alpha value is -11.4. The van der Waals surface area contributed by atoms with Crippen LogP contribution >= 0.6 is 0 Å². The van der Waals surface area contributed by atoms with Gasteiger partial charge >= 0.3 is 0 Å². The second-order valence-electron chi connectivity index (χ2n) is 17.2. The molecule has 0 heterocycles. The zero-order valence-electron chi connectivity index (χ0n) is 38.2. The molecular formula is C54H38N2O20. The number of phenols is 20. The molecule has 76 heavy (non-hydrogen) atoms. The molecule has 0 saturated heterocycles. The fraction of sp³-hybridized carbons (Fsp3) is 0. The summed E-state index contributed by atoms with van der Waals surface area (Å²) in [7, 11) is 0. The molecule has 0 bridgehead atoms. The van der Waals surface area contributed by atoms with Crippen molar-refractivity contribution in [2.24, 2.45) is 0 Å². The first-order valence-corrected chi connectivity index (χ1v) is 22.0. The molecule has 384 valence electrons. The van der Waals surface area contributed by atoms with E-state index in [1.807, 2.05) is 0 Å². The van der Waals surface area contributed by atoms with Crippen molar-refractivity contribution in [2.45, 2.75) is 0 Å². The number of aromatic hydroxyl groups is 20. The molecule has 0 unspecified atom stereocenters. The van der Waals surface area contributed by atoms with E-state index in [1.165, 1.54) is 58.3 Å². The van der Waals surface area contributed by atoms with Crippen LogP contribution in [0.2, 0.25) is 0 Å². The molecule has 22 heteroatoms. The van der Waals surface area contributed by atoms with Crippen molar-refractivity contribution in [3.63, 3.8) is 0 Å². The van der Waals surface area contributed by atoms with Gasteiger partial charge in [-0.1, -0.05) is 72.8 Å². The molecule has 22 nitrogen and oxygen atoms in total. The molecule has 0 saturated carbocycles. The summed E-state index contributed by atoms with van der Waals surface area (Å²) in [5, 5.41) is 217. The van der Waals surface area contributed by atoms with E-state index < -0.39 is 137 Å². The van der Waals surface area contributed by atoms with Gasteiger partial charge in [0.1, 0.15) is 11.4 Å². The lowest BCUT2D eigenvalue weighted by atomic mass is 9.93. The van der Waals surface area contributed by atoms with Crippen LogP contribution in [0.3, 0.4) is 0 Å². The summed E-state index contributed by atoms with van der Waals surface area (Å²) in [6, 6.07) is 26.3. The van der Waals surface area contributed by atoms with Crippen molar-refractivity contribution in [3.8, 4) is 137 Å². The van der Waals surface area contributed by atoms with E-state index in [0.717, 1.165) is 0 Å². The van der Waals surface area contributed by atoms with E-state index in [2.05, 4.69) is 0 Å². The van der Waals surface area contributed by atoms with Crippen molar-refractivity contribution < 1.29 is 102 Å². The first-order chi connectivity index (χ1) is 36.1. The highest BCUT2D eigenvalue weighted by Crippen LogP contribution is 2.63. The molecule has 0 aromatic heterocycles. The van der Waals surface area contributed by atoms with E-state index >= 15 is 0 Å². The lowest BCUT2D eigenvalue weighted by Crippen LogP contribution is -2.13. The van der Waals surface area contributed by atoms with Gasteiger partial charge in [-0.15, -0.1) is 0 Å². The normalized spacial score (nSPS) is 11.4. The van der Waals surface area contributed by atoms with E-state index in [1.54, 1.807) is 60.7 Å². The van der Waals surface area contributed by atoms with Crippen LogP contribution in [0.15, 0.2) is 109 Å². The number of phenolic OH excluding ortho intramolecular Hbond substituents is 20. The van der Waals surface area contributed by atoms with Gasteiger partial charge in [0.05, 0.1) is 22.5 Å². The first kappa shape index (κ1) is 48.2. The molecule has 0 aliphatic rings. The van der Waals surface area contributed by atoms with Crippen LogP contribution in [0.25, 0.3) is 54.6 Å². The fourth-order valence-corrected chi connectivity index (χ4v) is 9.30. The van der Waals surface area contributed by atoms with Gasteiger partial charge in [0, 0.05) is 22.1 Å². The van der Waals surface area contributed by atoms with Crippen LogP contribution in [0.1, 0.15) is 0 Å². The summed E-state index contributed by atoms with van der Waals surface area (Å²) in [4.78, 5) is 2.33. The summed E-state index contributed by atoms with van der Waals surface area (Å²) in [5.41, 5.74) is -2.49. The average molecular weight is 1030 g/mol. The molecule has 0 aliphatic heterocycles. The number of rotatable bonds is 8. The van der Waals surface area contributed by atoms with Gasteiger partial charge in [-0.3, -0.25) is 0 Å². The van der Waals surface area contributed by atoms with Crippen LogP contribution < -0.4 is 9.80 Å². The Labute approximate surface area is 423 Å². The zero-order chi connectivity index (χ0) is 54.7. The minimum atomic E-state index is -1.28. The second kappa shape index (κ2) is 17.1. The standard InChI is InChI=1S/C54H38N2O20/c57-35-31(36(58)44(66)51(73)43(35)65)19-9-13-21(14-10-19)55(33-39(61)47(69)53(75)48(70)40(33)62)29-18-28-24-6-2-4-8-26(24)30(17-27(28)23-5-1-3-7-25(23)29)56(34-41(63)49(71)54(76)50(72)42(34)64)22-15-11-20(12-16-22)32-37(59)45(67)52(74)46(68)38(32)60/h1-18,57-76H. The maximum atomic E-state index is 11.6. The molecule has 0 radical (unpaired) electrons. The molecule has 10 aromatic carbocycles. The quantitative estimate of drug-likeness (QED) is 0.0382. The van der Waals surface area contributed by atoms with Crippen molar-refractivity contribution in [2.75, 3.05) is 9.80 Å². The Balaban J connectivity index is 1.27. The lowest BCUT2D eigenvalue weighted by molar-refractivity contribution is 0.329. The molecule has 0 atom stereocenters. The minimum Gasteiger partial charge on any atom is -0.504 e. The summed E-state index contributed by atoms with van der Waals surface area (Å²) >= 11 is 0. The Morgan fingerprint density at radius 2 is 0.434 bits per heavy atom. The smallest absolute Gasteiger partial charge is 0.208 e. The zero-order valence-corrected chi connectivity index (χ0v) is 38.2. The number of nitrogens with zero attached hydrogens (tertiary/aromatic N) is 2. The van der Waals surface area contributed by atoms with Crippen LogP contribution in [-0.4, -0.2) is 102 Å². The van der Waals surface area contributed by atoms with E-state index in [-0.39, 0.29) is 44.6 Å². The highest BCUT2D eigenvalue weighted by Gasteiger charge is 2.34. The minimum absolute atomic E-state index is 0.0117. The van der Waals surface area contributed by atoms with Crippen molar-refractivity contribution in [1.82, 2.24) is 0 Å². The molecule has 10 rings (SSSR count). The molecule has 20 N–H and O–H groups in total. The maximum absolute atomic E-state index is 11.6. The number of benzene rings is 10. The predicted molar refractivity (Wildman–Crippen MR) is 272 cm³/mol. The lowest BCUT2D eigenvalue weighted by Gasteiger charge is -2.31. The summed E-state index contributed by atoms with van der Waals surface area (Å²) in [6.45, 7) is 0. The number of fused-ring (bicyclic) bond motifs is 5. The average Bonchev–Trinajstić information content (AvgIpc) is 3.45. The summed E-state index contributed by atoms with van der Waals surface area (Å²) in [5.74, 6) is -23.3. The third kappa shape index (κ3) is 6.82. The Morgan fingerprint density at radius 1 is 0.211 bits per heavy atom. The third-order valence-electron chi connectivity index (χ3n) is 13.0. The molecular weight excluding hydrogens is 997 g/mol. The number of anilines is 6. The molecule has 0 amide bonds. The van der Waals surface area contributed by atoms with Gasteiger partial charge in [0.2, 0.25) is 69.0 Å². The van der Waals surface area contributed by atoms with Crippen molar-refractivity contribution in [1.29, 1.82) is 0 Å². The van der Waals surface area contributed by atoms with Gasteiger partial charge in [-0.2, -0.15) is 0 Å². The highest BCUT2D eigenvalue weighted by atomic mass is 16.4. The van der Waals surface area contributed by atoms with Crippen LogP contribution in [0, 0.1) is 0 Å². The largest absolute Gasteiger partial charge is 0.504 e. The molecule has 10 aromatic rings. The van der Waals surface area contributed by atoms with Crippen LogP contribution in [-0.2, 0) is 0 Å². The van der Waals surface area contributed by atoms with Gasteiger partial charge in [0.15, 0.2) is 46.0 Å². The highest BCUT2D eigenvalue weighted by molar-refractivity contribution is 6.25. The third-order valence-corrected chi connectivity index (χ3v) is 13.0. The number of hydrogen-bond donors (Lipinski definition) is 20. The van der Waals surface area contributed by atoms with Crippen molar-refractivity contribution in [3.05, 3.63) is 109 Å². The SMILES string of the molecule is Oc1c(O)c(O)c(-c2ccc(N(c3c(O)c(O)c(O)c(O)c3O)c3cc4c5ccccc5c(N(c5ccc(-c6c(O)c(O)c(O)c(O)c6O)cc5)c5c(O)c(O)c(O)c(O)c5O)cc4c4ccccc34)cc2)c(O)c1O. The topological polar surface area (TPSA) is 411 Å². The first-order valence-electron chi connectivity index (χ1n) is 22.0. The second-order valence-corrected chi connectivity index (χ2v) is 17.2. The number of hydrogen-bond acceptors (Lipinski definition) is 22. The van der Waals surface area contributed by atoms with Crippen LogP contribution in [0.5, 0.6) is 115 Å². The van der Waals surface area contributed by atoms with Gasteiger partial charge in [-0.05, 0) is 69.1 Å². The molecule has 0 spiro atoms. The van der Waals surface area contributed by atoms with E-state index in [4.69, 9.17) is 0 Å². The van der Waals surface area contributed by atoms with E-state index in [9.17, 15) is 102 Å². The maximum Gasteiger partial charge on any atom is 0.208 e. The predicted octanol–water partition coefficient (Wildman–Crippen LogP) is 9.53. The van der Waals surface area contributed by atoms with Gasteiger partial charge < -0.3 is 112 Å². The van der Waals surface area contributed by atoms with Gasteiger partial charge in [-0.25, -0.2) is 0 Å². The fourth-order valence-electron chi connectivity index (χ4n) is 9.30. The molecule has 0 fully saturated rings. The summed E-state index contributed by atoms with van der Waals surface area (Å²) < 4.78 is 0. The van der Waals surface area contributed by atoms with E-state index in [0.29, 0.717) is 21.5 Å². The van der Waals surface area contributed by atoms with Gasteiger partial charge in [0.25, 0.3) is 0 Å².